The molecule has 0 bridgehead atoms. The summed E-state index contributed by atoms with van der Waals surface area (Å²) in [5, 5.41) is 3.48. The molecule has 0 aliphatic heterocycles. The predicted octanol–water partition coefficient (Wildman–Crippen LogP) is 5.18. The van der Waals surface area contributed by atoms with Gasteiger partial charge in [-0.25, -0.2) is 4.39 Å². The van der Waals surface area contributed by atoms with Gasteiger partial charge in [-0.2, -0.15) is 0 Å². The Morgan fingerprint density at radius 2 is 1.81 bits per heavy atom. The zero-order chi connectivity index (χ0) is 15.1. The summed E-state index contributed by atoms with van der Waals surface area (Å²) < 4.78 is 13.6. The van der Waals surface area contributed by atoms with Gasteiger partial charge >= 0.3 is 0 Å². The van der Waals surface area contributed by atoms with Gasteiger partial charge in [0, 0.05) is 16.7 Å². The summed E-state index contributed by atoms with van der Waals surface area (Å²) in [5.41, 5.74) is 2.04. The average molecular weight is 303 g/mol. The Labute approximate surface area is 131 Å². The second-order valence-corrected chi connectivity index (χ2v) is 6.17. The molecule has 112 valence electrons. The van der Waals surface area contributed by atoms with Gasteiger partial charge in [-0.05, 0) is 49.2 Å². The van der Waals surface area contributed by atoms with Gasteiger partial charge in [0.25, 0.3) is 0 Å². The largest absolute Gasteiger partial charge is 0.310 e. The minimum absolute atomic E-state index is 0.126. The third-order valence-corrected chi connectivity index (χ3v) is 4.49. The summed E-state index contributed by atoms with van der Waals surface area (Å²) >= 11 is 1.67. The van der Waals surface area contributed by atoms with Crippen molar-refractivity contribution in [3.63, 3.8) is 0 Å². The summed E-state index contributed by atoms with van der Waals surface area (Å²) in [7, 11) is 0. The van der Waals surface area contributed by atoms with E-state index < -0.39 is 0 Å². The fraction of sp³-hybridized carbons (Fsp3) is 0.333. The smallest absolute Gasteiger partial charge is 0.127 e. The quantitative estimate of drug-likeness (QED) is 0.707. The normalized spacial score (nSPS) is 12.3. The van der Waals surface area contributed by atoms with Gasteiger partial charge < -0.3 is 5.32 Å². The molecule has 0 aromatic heterocycles. The maximum atomic E-state index is 13.6. The molecule has 0 aliphatic carbocycles. The van der Waals surface area contributed by atoms with Crippen molar-refractivity contribution in [3.8, 4) is 0 Å². The molecule has 0 aliphatic rings. The van der Waals surface area contributed by atoms with E-state index in [-0.39, 0.29) is 5.82 Å². The Morgan fingerprint density at radius 1 is 1.10 bits per heavy atom. The van der Waals surface area contributed by atoms with E-state index in [0.29, 0.717) is 11.8 Å². The van der Waals surface area contributed by atoms with Gasteiger partial charge in [0.05, 0.1) is 0 Å². The van der Waals surface area contributed by atoms with Gasteiger partial charge in [0.15, 0.2) is 0 Å². The Balaban J connectivity index is 1.92. The molecule has 0 heterocycles. The number of thioether (sulfide) groups is 1. The van der Waals surface area contributed by atoms with Gasteiger partial charge in [0.2, 0.25) is 0 Å². The minimum atomic E-state index is -0.126. The van der Waals surface area contributed by atoms with Crippen LogP contribution in [0, 0.1) is 5.82 Å². The van der Waals surface area contributed by atoms with Gasteiger partial charge in [-0.1, -0.05) is 37.3 Å². The van der Waals surface area contributed by atoms with Crippen LogP contribution in [0.1, 0.15) is 37.4 Å². The third-order valence-electron chi connectivity index (χ3n) is 3.43. The summed E-state index contributed by atoms with van der Waals surface area (Å²) in [6, 6.07) is 15.9. The molecular formula is C18H22FNS. The van der Waals surface area contributed by atoms with E-state index in [9.17, 15) is 4.39 Å². The lowest BCUT2D eigenvalue weighted by Gasteiger charge is -2.14. The lowest BCUT2D eigenvalue weighted by atomic mass is 10.1. The minimum Gasteiger partial charge on any atom is -0.310 e. The van der Waals surface area contributed by atoms with Crippen molar-refractivity contribution in [1.82, 2.24) is 5.32 Å². The Morgan fingerprint density at radius 3 is 2.48 bits per heavy atom. The van der Waals surface area contributed by atoms with E-state index in [0.717, 1.165) is 18.5 Å². The molecule has 0 fully saturated rings. The number of nitrogens with one attached hydrogen (secondary N) is 1. The van der Waals surface area contributed by atoms with Gasteiger partial charge in [-0.15, -0.1) is 11.8 Å². The molecule has 1 N–H and O–H groups in total. The fourth-order valence-corrected chi connectivity index (χ4v) is 2.99. The highest BCUT2D eigenvalue weighted by Crippen LogP contribution is 2.25. The Bertz CT molecular complexity index is 553. The van der Waals surface area contributed by atoms with Crippen molar-refractivity contribution in [3.05, 3.63) is 65.5 Å². The molecule has 0 radical (unpaired) electrons. The van der Waals surface area contributed by atoms with Crippen LogP contribution in [0.5, 0.6) is 0 Å². The molecule has 0 saturated carbocycles. The van der Waals surface area contributed by atoms with Crippen molar-refractivity contribution in [2.45, 2.75) is 37.0 Å². The van der Waals surface area contributed by atoms with Crippen molar-refractivity contribution in [2.24, 2.45) is 0 Å². The van der Waals surface area contributed by atoms with Crippen molar-refractivity contribution in [2.75, 3.05) is 6.54 Å². The Kier molecular flexibility index (Phi) is 6.27. The SMILES string of the molecule is CCCNC(C)c1ccc(SCc2ccccc2F)cc1. The van der Waals surface area contributed by atoms with Crippen LogP contribution in [0.25, 0.3) is 0 Å². The summed E-state index contributed by atoms with van der Waals surface area (Å²) in [6.45, 7) is 5.38. The first-order valence-corrected chi connectivity index (χ1v) is 8.39. The lowest BCUT2D eigenvalue weighted by molar-refractivity contribution is 0.570. The number of benzene rings is 2. The van der Waals surface area contributed by atoms with Crippen LogP contribution < -0.4 is 5.32 Å². The predicted molar refractivity (Wildman–Crippen MR) is 89.1 cm³/mol. The van der Waals surface area contributed by atoms with Gasteiger partial charge in [-0.3, -0.25) is 0 Å². The van der Waals surface area contributed by atoms with Crippen LogP contribution in [-0.4, -0.2) is 6.54 Å². The van der Waals surface area contributed by atoms with E-state index in [4.69, 9.17) is 0 Å². The molecule has 2 aromatic carbocycles. The summed E-state index contributed by atoms with van der Waals surface area (Å²) in [4.78, 5) is 1.17. The maximum Gasteiger partial charge on any atom is 0.127 e. The molecule has 0 saturated heterocycles. The molecule has 0 spiro atoms. The maximum absolute atomic E-state index is 13.6. The van der Waals surface area contributed by atoms with Crippen LogP contribution in [-0.2, 0) is 5.75 Å². The second kappa shape index (κ2) is 8.20. The van der Waals surface area contributed by atoms with Crippen molar-refractivity contribution < 1.29 is 4.39 Å². The number of hydrogen-bond donors (Lipinski definition) is 1. The topological polar surface area (TPSA) is 12.0 Å². The first-order valence-electron chi connectivity index (χ1n) is 7.40. The highest BCUT2D eigenvalue weighted by molar-refractivity contribution is 7.98. The van der Waals surface area contributed by atoms with E-state index in [1.165, 1.54) is 16.5 Å². The first kappa shape index (κ1) is 16.1. The van der Waals surface area contributed by atoms with Crippen LogP contribution in [0.4, 0.5) is 4.39 Å². The zero-order valence-corrected chi connectivity index (χ0v) is 13.4. The van der Waals surface area contributed by atoms with Crippen molar-refractivity contribution in [1.29, 1.82) is 0 Å². The number of halogens is 1. The molecule has 2 rings (SSSR count). The molecule has 2 aromatic rings. The molecule has 1 atom stereocenters. The average Bonchev–Trinajstić information content (AvgIpc) is 2.52. The lowest BCUT2D eigenvalue weighted by Crippen LogP contribution is -2.19. The Hall–Kier alpha value is -1.32. The molecular weight excluding hydrogens is 281 g/mol. The summed E-state index contributed by atoms with van der Waals surface area (Å²) in [5.74, 6) is 0.536. The van der Waals surface area contributed by atoms with Crippen LogP contribution >= 0.6 is 11.8 Å². The first-order chi connectivity index (χ1) is 10.2. The summed E-state index contributed by atoms with van der Waals surface area (Å²) in [6.07, 6.45) is 1.14. The van der Waals surface area contributed by atoms with Crippen molar-refractivity contribution >= 4 is 11.8 Å². The second-order valence-electron chi connectivity index (χ2n) is 5.12. The molecule has 3 heteroatoms. The number of hydrogen-bond acceptors (Lipinski definition) is 2. The fourth-order valence-electron chi connectivity index (χ4n) is 2.11. The standard InChI is InChI=1S/C18H22FNS/c1-3-12-20-14(2)15-8-10-17(11-9-15)21-13-16-6-4-5-7-18(16)19/h4-11,14,20H,3,12-13H2,1-2H3. The van der Waals surface area contributed by atoms with Crippen LogP contribution in [0.3, 0.4) is 0 Å². The van der Waals surface area contributed by atoms with Crippen LogP contribution in [0.2, 0.25) is 0 Å². The van der Waals surface area contributed by atoms with E-state index in [2.05, 4.69) is 43.4 Å². The third kappa shape index (κ3) is 4.87. The van der Waals surface area contributed by atoms with Crippen LogP contribution in [0.15, 0.2) is 53.4 Å². The monoisotopic (exact) mass is 303 g/mol. The molecule has 21 heavy (non-hydrogen) atoms. The van der Waals surface area contributed by atoms with E-state index in [1.807, 2.05) is 12.1 Å². The van der Waals surface area contributed by atoms with Gasteiger partial charge in [0.1, 0.15) is 5.82 Å². The van der Waals surface area contributed by atoms with E-state index in [1.54, 1.807) is 17.8 Å². The van der Waals surface area contributed by atoms with E-state index >= 15 is 0 Å². The zero-order valence-electron chi connectivity index (χ0n) is 12.6. The molecule has 0 amide bonds. The molecule has 1 unspecified atom stereocenters. The number of rotatable bonds is 7. The highest BCUT2D eigenvalue weighted by Gasteiger charge is 2.05. The molecule has 1 nitrogen and oxygen atoms in total. The highest BCUT2D eigenvalue weighted by atomic mass is 32.2.